The summed E-state index contributed by atoms with van der Waals surface area (Å²) in [6.45, 7) is 6.53. The van der Waals surface area contributed by atoms with Gasteiger partial charge in [0.2, 0.25) is 0 Å². The first kappa shape index (κ1) is 14.8. The number of ether oxygens (including phenoxy) is 2. The zero-order chi connectivity index (χ0) is 11.9. The van der Waals surface area contributed by atoms with Crippen molar-refractivity contribution in [2.24, 2.45) is 5.73 Å². The summed E-state index contributed by atoms with van der Waals surface area (Å²) < 4.78 is 10.4. The van der Waals surface area contributed by atoms with Crippen LogP contribution in [0.4, 0.5) is 0 Å². The van der Waals surface area contributed by atoms with Gasteiger partial charge in [0.15, 0.2) is 0 Å². The van der Waals surface area contributed by atoms with Crippen LogP contribution in [0.15, 0.2) is 0 Å². The van der Waals surface area contributed by atoms with Crippen molar-refractivity contribution in [3.8, 4) is 0 Å². The molecule has 4 nitrogen and oxygen atoms in total. The van der Waals surface area contributed by atoms with E-state index in [4.69, 9.17) is 15.2 Å². The van der Waals surface area contributed by atoms with Crippen LogP contribution in [0, 0.1) is 0 Å². The average Bonchev–Trinajstić information content (AvgIpc) is 2.26. The molecule has 0 saturated carbocycles. The third-order valence-corrected chi connectivity index (χ3v) is 3.36. The molecule has 0 spiro atoms. The van der Waals surface area contributed by atoms with E-state index in [1.54, 1.807) is 14.2 Å². The van der Waals surface area contributed by atoms with Gasteiger partial charge in [-0.25, -0.2) is 0 Å². The summed E-state index contributed by atoms with van der Waals surface area (Å²) in [5, 5.41) is 0. The van der Waals surface area contributed by atoms with Crippen LogP contribution in [0.25, 0.3) is 0 Å². The van der Waals surface area contributed by atoms with E-state index in [-0.39, 0.29) is 11.6 Å². The Balaban J connectivity index is 4.24. The Bertz CT molecular complexity index is 167. The number of likely N-dealkylation sites (N-methyl/N-ethyl adjacent to an activating group) is 1. The zero-order valence-corrected chi connectivity index (χ0v) is 10.7. The van der Waals surface area contributed by atoms with Gasteiger partial charge in [-0.3, -0.25) is 4.90 Å². The lowest BCUT2D eigenvalue weighted by Crippen LogP contribution is -2.57. The van der Waals surface area contributed by atoms with Crippen molar-refractivity contribution in [2.45, 2.75) is 31.9 Å². The molecule has 0 aromatic carbocycles. The summed E-state index contributed by atoms with van der Waals surface area (Å²) in [5.41, 5.74) is 5.73. The van der Waals surface area contributed by atoms with Crippen molar-refractivity contribution < 1.29 is 9.47 Å². The maximum atomic E-state index is 5.84. The van der Waals surface area contributed by atoms with Crippen LogP contribution in [0.3, 0.4) is 0 Å². The molecule has 0 rings (SSSR count). The topological polar surface area (TPSA) is 47.7 Å². The lowest BCUT2D eigenvalue weighted by Gasteiger charge is -2.42. The Labute approximate surface area is 93.7 Å². The lowest BCUT2D eigenvalue weighted by molar-refractivity contribution is -0.0216. The molecule has 0 bridgehead atoms. The highest BCUT2D eigenvalue weighted by Crippen LogP contribution is 2.19. The normalized spacial score (nSPS) is 17.8. The number of rotatable bonds is 8. The van der Waals surface area contributed by atoms with Gasteiger partial charge in [-0.15, -0.1) is 0 Å². The molecule has 2 unspecified atom stereocenters. The van der Waals surface area contributed by atoms with E-state index in [0.29, 0.717) is 6.54 Å². The van der Waals surface area contributed by atoms with E-state index >= 15 is 0 Å². The SMILES string of the molecule is COCCCN(C)C(C)(CN)C(C)OC. The fourth-order valence-corrected chi connectivity index (χ4v) is 1.59. The summed E-state index contributed by atoms with van der Waals surface area (Å²) in [6.07, 6.45) is 1.13. The van der Waals surface area contributed by atoms with Gasteiger partial charge in [0.1, 0.15) is 0 Å². The molecule has 92 valence electrons. The van der Waals surface area contributed by atoms with Crippen LogP contribution in [-0.2, 0) is 9.47 Å². The Morgan fingerprint density at radius 2 is 2.00 bits per heavy atom. The van der Waals surface area contributed by atoms with Gasteiger partial charge in [-0.1, -0.05) is 0 Å². The first-order valence-electron chi connectivity index (χ1n) is 5.46. The molecule has 0 aromatic heterocycles. The average molecular weight is 218 g/mol. The van der Waals surface area contributed by atoms with Crippen LogP contribution in [0.1, 0.15) is 20.3 Å². The summed E-state index contributed by atoms with van der Waals surface area (Å²) in [7, 11) is 5.53. The van der Waals surface area contributed by atoms with Crippen molar-refractivity contribution in [3.63, 3.8) is 0 Å². The van der Waals surface area contributed by atoms with Crippen LogP contribution in [0.5, 0.6) is 0 Å². The fourth-order valence-electron chi connectivity index (χ4n) is 1.59. The Morgan fingerprint density at radius 3 is 2.40 bits per heavy atom. The van der Waals surface area contributed by atoms with Gasteiger partial charge in [-0.05, 0) is 27.3 Å². The van der Waals surface area contributed by atoms with Crippen molar-refractivity contribution in [3.05, 3.63) is 0 Å². The second-order valence-corrected chi connectivity index (χ2v) is 4.21. The second-order valence-electron chi connectivity index (χ2n) is 4.21. The number of methoxy groups -OCH3 is 2. The van der Waals surface area contributed by atoms with E-state index in [9.17, 15) is 0 Å². The fraction of sp³-hybridized carbons (Fsp3) is 1.00. The molecule has 15 heavy (non-hydrogen) atoms. The molecule has 0 radical (unpaired) electrons. The summed E-state index contributed by atoms with van der Waals surface area (Å²) in [6, 6.07) is 0. The van der Waals surface area contributed by atoms with E-state index in [1.165, 1.54) is 0 Å². The highest BCUT2D eigenvalue weighted by molar-refractivity contribution is 4.91. The van der Waals surface area contributed by atoms with Crippen molar-refractivity contribution in [2.75, 3.05) is 41.0 Å². The standard InChI is InChI=1S/C11H26N2O2/c1-10(15-5)11(2,9-12)13(3)7-6-8-14-4/h10H,6-9,12H2,1-5H3. The van der Waals surface area contributed by atoms with Crippen molar-refractivity contribution >= 4 is 0 Å². The quantitative estimate of drug-likeness (QED) is 0.610. The molecule has 2 atom stereocenters. The van der Waals surface area contributed by atoms with Crippen LogP contribution >= 0.6 is 0 Å². The van der Waals surface area contributed by atoms with E-state index < -0.39 is 0 Å². The Hall–Kier alpha value is -0.160. The molecule has 0 aliphatic heterocycles. The maximum absolute atomic E-state index is 5.84. The first-order valence-corrected chi connectivity index (χ1v) is 5.46. The predicted octanol–water partition coefficient (Wildman–Crippen LogP) is 0.707. The van der Waals surface area contributed by atoms with Gasteiger partial charge in [0.25, 0.3) is 0 Å². The minimum atomic E-state index is -0.109. The Morgan fingerprint density at radius 1 is 1.40 bits per heavy atom. The monoisotopic (exact) mass is 218 g/mol. The zero-order valence-electron chi connectivity index (χ0n) is 10.7. The lowest BCUT2D eigenvalue weighted by atomic mass is 9.93. The number of hydrogen-bond donors (Lipinski definition) is 1. The van der Waals surface area contributed by atoms with Crippen LogP contribution < -0.4 is 5.73 Å². The Kier molecular flexibility index (Phi) is 7.09. The maximum Gasteiger partial charge on any atom is 0.0736 e. The van der Waals surface area contributed by atoms with Crippen molar-refractivity contribution in [1.82, 2.24) is 4.90 Å². The molecule has 0 aliphatic rings. The molecule has 0 fully saturated rings. The minimum Gasteiger partial charge on any atom is -0.385 e. The third kappa shape index (κ3) is 4.07. The van der Waals surface area contributed by atoms with E-state index in [2.05, 4.69) is 25.8 Å². The summed E-state index contributed by atoms with van der Waals surface area (Å²) >= 11 is 0. The molecule has 2 N–H and O–H groups in total. The summed E-state index contributed by atoms with van der Waals surface area (Å²) in [4.78, 5) is 2.25. The minimum absolute atomic E-state index is 0.109. The second kappa shape index (κ2) is 7.17. The van der Waals surface area contributed by atoms with Gasteiger partial charge in [0.05, 0.1) is 11.6 Å². The molecule has 0 heterocycles. The molecule has 0 saturated heterocycles. The van der Waals surface area contributed by atoms with Crippen LogP contribution in [0.2, 0.25) is 0 Å². The molecule has 4 heteroatoms. The molecule has 0 amide bonds. The van der Waals surface area contributed by atoms with Gasteiger partial charge in [0, 0.05) is 33.9 Å². The van der Waals surface area contributed by atoms with Crippen molar-refractivity contribution in [1.29, 1.82) is 0 Å². The highest BCUT2D eigenvalue weighted by atomic mass is 16.5. The highest BCUT2D eigenvalue weighted by Gasteiger charge is 2.33. The van der Waals surface area contributed by atoms with Crippen LogP contribution in [-0.4, -0.2) is 57.5 Å². The molecular weight excluding hydrogens is 192 g/mol. The number of nitrogens with two attached hydrogens (primary N) is 1. The first-order chi connectivity index (χ1) is 7.02. The predicted molar refractivity (Wildman–Crippen MR) is 63.1 cm³/mol. The van der Waals surface area contributed by atoms with Gasteiger partial charge in [-0.2, -0.15) is 0 Å². The number of hydrogen-bond acceptors (Lipinski definition) is 4. The van der Waals surface area contributed by atoms with Gasteiger partial charge < -0.3 is 15.2 Å². The third-order valence-electron chi connectivity index (χ3n) is 3.36. The number of nitrogens with zero attached hydrogens (tertiary/aromatic N) is 1. The summed E-state index contributed by atoms with van der Waals surface area (Å²) in [5.74, 6) is 0. The largest absolute Gasteiger partial charge is 0.385 e. The van der Waals surface area contributed by atoms with E-state index in [1.807, 2.05) is 0 Å². The van der Waals surface area contributed by atoms with Gasteiger partial charge >= 0.3 is 0 Å². The smallest absolute Gasteiger partial charge is 0.0736 e. The molecular formula is C11H26N2O2. The van der Waals surface area contributed by atoms with E-state index in [0.717, 1.165) is 19.6 Å². The molecule has 0 aliphatic carbocycles. The molecule has 0 aromatic rings.